The summed E-state index contributed by atoms with van der Waals surface area (Å²) in [5.74, 6) is -0.0238. The Morgan fingerprint density at radius 1 is 1.23 bits per heavy atom. The number of carbonyl (C=O) groups excluding carboxylic acids is 1. The van der Waals surface area contributed by atoms with Gasteiger partial charge in [0.05, 0.1) is 23.6 Å². The summed E-state index contributed by atoms with van der Waals surface area (Å²) in [5.41, 5.74) is 2.24. The Balaban J connectivity index is 1.68. The molecule has 1 unspecified atom stereocenters. The van der Waals surface area contributed by atoms with E-state index < -0.39 is 6.55 Å². The zero-order valence-electron chi connectivity index (χ0n) is 18.0. The third kappa shape index (κ3) is 4.01. The maximum absolute atomic E-state index is 13.9. The van der Waals surface area contributed by atoms with Crippen LogP contribution >= 0.6 is 0 Å². The van der Waals surface area contributed by atoms with Gasteiger partial charge in [0.1, 0.15) is 5.82 Å². The Labute approximate surface area is 180 Å². The van der Waals surface area contributed by atoms with E-state index in [4.69, 9.17) is 4.74 Å². The number of halogens is 2. The number of anilines is 1. The highest BCUT2D eigenvalue weighted by Crippen LogP contribution is 2.38. The van der Waals surface area contributed by atoms with Gasteiger partial charge in [-0.2, -0.15) is 8.78 Å². The van der Waals surface area contributed by atoms with Crippen molar-refractivity contribution >= 4 is 22.7 Å². The van der Waals surface area contributed by atoms with Crippen LogP contribution < -0.4 is 4.90 Å². The number of nitrogens with zero attached hydrogens (tertiary/aromatic N) is 3. The van der Waals surface area contributed by atoms with Gasteiger partial charge in [-0.25, -0.2) is 4.98 Å². The number of rotatable bonds is 5. The maximum atomic E-state index is 13.9. The SMILES string of the molecule is CCOC(=O)C1CCN(c2cccc(-c3nc4ccccc4n3C(F)F)c2)C(C)(C)C1. The molecule has 31 heavy (non-hydrogen) atoms. The van der Waals surface area contributed by atoms with Crippen LogP contribution in [0.2, 0.25) is 0 Å². The van der Waals surface area contributed by atoms with Crippen molar-refractivity contribution < 1.29 is 18.3 Å². The van der Waals surface area contributed by atoms with Gasteiger partial charge in [-0.1, -0.05) is 24.3 Å². The van der Waals surface area contributed by atoms with Crippen LogP contribution in [0.3, 0.4) is 0 Å². The molecule has 4 rings (SSSR count). The van der Waals surface area contributed by atoms with E-state index in [9.17, 15) is 13.6 Å². The molecule has 0 saturated carbocycles. The number of carbonyl (C=O) groups is 1. The highest BCUT2D eigenvalue weighted by atomic mass is 19.3. The van der Waals surface area contributed by atoms with Gasteiger partial charge in [0, 0.05) is 23.3 Å². The lowest BCUT2D eigenvalue weighted by Gasteiger charge is -2.46. The van der Waals surface area contributed by atoms with Crippen LogP contribution in [0.1, 0.15) is 40.2 Å². The summed E-state index contributed by atoms with van der Waals surface area (Å²) < 4.78 is 34.0. The van der Waals surface area contributed by atoms with Crippen molar-refractivity contribution in [3.63, 3.8) is 0 Å². The zero-order valence-corrected chi connectivity index (χ0v) is 18.0. The predicted octanol–water partition coefficient (Wildman–Crippen LogP) is 5.66. The van der Waals surface area contributed by atoms with E-state index in [1.807, 2.05) is 31.2 Å². The van der Waals surface area contributed by atoms with Crippen molar-refractivity contribution in [3.05, 3.63) is 48.5 Å². The number of aromatic nitrogens is 2. The van der Waals surface area contributed by atoms with Gasteiger partial charge < -0.3 is 9.64 Å². The van der Waals surface area contributed by atoms with Crippen molar-refractivity contribution in [2.75, 3.05) is 18.1 Å². The first-order valence-electron chi connectivity index (χ1n) is 10.6. The molecular formula is C24H27F2N3O2. The fourth-order valence-electron chi connectivity index (χ4n) is 4.60. The Morgan fingerprint density at radius 3 is 2.71 bits per heavy atom. The second-order valence-corrected chi connectivity index (χ2v) is 8.53. The number of piperidine rings is 1. The molecule has 3 aromatic rings. The summed E-state index contributed by atoms with van der Waals surface area (Å²) in [5, 5.41) is 0. The van der Waals surface area contributed by atoms with E-state index in [-0.39, 0.29) is 23.3 Å². The second-order valence-electron chi connectivity index (χ2n) is 8.53. The summed E-state index contributed by atoms with van der Waals surface area (Å²) in [4.78, 5) is 19.0. The molecule has 1 aliphatic rings. The van der Waals surface area contributed by atoms with Gasteiger partial charge in [0.2, 0.25) is 0 Å². The van der Waals surface area contributed by atoms with E-state index in [2.05, 4.69) is 23.7 Å². The minimum absolute atomic E-state index is 0.127. The molecule has 1 aliphatic heterocycles. The van der Waals surface area contributed by atoms with Gasteiger partial charge in [0.25, 0.3) is 0 Å². The molecule has 0 amide bonds. The van der Waals surface area contributed by atoms with Crippen LogP contribution in [0, 0.1) is 5.92 Å². The number of imidazole rings is 1. The average Bonchev–Trinajstić information content (AvgIpc) is 3.13. The smallest absolute Gasteiger partial charge is 0.320 e. The molecule has 5 nitrogen and oxygen atoms in total. The molecule has 1 aromatic heterocycles. The van der Waals surface area contributed by atoms with E-state index in [0.29, 0.717) is 42.6 Å². The number of hydrogen-bond acceptors (Lipinski definition) is 4. The molecule has 164 valence electrons. The van der Waals surface area contributed by atoms with Gasteiger partial charge in [-0.15, -0.1) is 0 Å². The van der Waals surface area contributed by atoms with Gasteiger partial charge in [-0.05, 0) is 57.9 Å². The number of alkyl halides is 2. The molecule has 7 heteroatoms. The zero-order chi connectivity index (χ0) is 22.2. The number of hydrogen-bond donors (Lipinski definition) is 0. The Kier molecular flexibility index (Phi) is 5.69. The first kappa shape index (κ1) is 21.3. The Morgan fingerprint density at radius 2 is 2.00 bits per heavy atom. The molecule has 0 radical (unpaired) electrons. The molecular weight excluding hydrogens is 400 g/mol. The topological polar surface area (TPSA) is 47.4 Å². The molecule has 1 atom stereocenters. The fourth-order valence-corrected chi connectivity index (χ4v) is 4.60. The molecule has 0 N–H and O–H groups in total. The summed E-state index contributed by atoms with van der Waals surface area (Å²) in [6.45, 7) is 4.38. The summed E-state index contributed by atoms with van der Waals surface area (Å²) >= 11 is 0. The number of esters is 1. The molecule has 0 aliphatic carbocycles. The van der Waals surface area contributed by atoms with E-state index >= 15 is 0 Å². The molecule has 0 bridgehead atoms. The van der Waals surface area contributed by atoms with Crippen LogP contribution in [0.25, 0.3) is 22.4 Å². The lowest BCUT2D eigenvalue weighted by Crippen LogP contribution is -2.51. The van der Waals surface area contributed by atoms with E-state index in [1.54, 1.807) is 24.3 Å². The number of fused-ring (bicyclic) bond motifs is 1. The number of para-hydroxylation sites is 2. The standard InChI is InChI=1S/C24H27F2N3O2/c1-4-31-22(30)17-12-13-28(24(2,3)15-17)18-9-7-8-16(14-18)21-27-19-10-5-6-11-20(19)29(21)23(25)26/h5-11,14,17,23H,4,12-13,15H2,1-3H3. The average molecular weight is 427 g/mol. The largest absolute Gasteiger partial charge is 0.466 e. The van der Waals surface area contributed by atoms with Crippen molar-refractivity contribution in [3.8, 4) is 11.4 Å². The minimum Gasteiger partial charge on any atom is -0.466 e. The predicted molar refractivity (Wildman–Crippen MR) is 117 cm³/mol. The first-order chi connectivity index (χ1) is 14.8. The third-order valence-corrected chi connectivity index (χ3v) is 6.00. The summed E-state index contributed by atoms with van der Waals surface area (Å²) in [7, 11) is 0. The van der Waals surface area contributed by atoms with Gasteiger partial charge in [0.15, 0.2) is 0 Å². The maximum Gasteiger partial charge on any atom is 0.320 e. The molecule has 2 aromatic carbocycles. The fraction of sp³-hybridized carbons (Fsp3) is 0.417. The van der Waals surface area contributed by atoms with Crippen LogP contribution in [-0.4, -0.2) is 34.2 Å². The van der Waals surface area contributed by atoms with Crippen LogP contribution in [-0.2, 0) is 9.53 Å². The highest BCUT2D eigenvalue weighted by Gasteiger charge is 2.38. The van der Waals surface area contributed by atoms with Gasteiger partial charge >= 0.3 is 12.5 Å². The van der Waals surface area contributed by atoms with Crippen molar-refractivity contribution in [1.29, 1.82) is 0 Å². The van der Waals surface area contributed by atoms with Crippen molar-refractivity contribution in [2.45, 2.75) is 45.7 Å². The van der Waals surface area contributed by atoms with Crippen LogP contribution in [0.15, 0.2) is 48.5 Å². The summed E-state index contributed by atoms with van der Waals surface area (Å²) in [6, 6.07) is 14.5. The highest BCUT2D eigenvalue weighted by molar-refractivity contribution is 5.81. The van der Waals surface area contributed by atoms with E-state index in [1.165, 1.54) is 0 Å². The minimum atomic E-state index is -2.69. The summed E-state index contributed by atoms with van der Waals surface area (Å²) in [6.07, 6.45) is 1.37. The third-order valence-electron chi connectivity index (χ3n) is 6.00. The van der Waals surface area contributed by atoms with Crippen LogP contribution in [0.4, 0.5) is 14.5 Å². The number of benzene rings is 2. The Hall–Kier alpha value is -2.96. The monoisotopic (exact) mass is 427 g/mol. The normalized spacial score (nSPS) is 18.5. The lowest BCUT2D eigenvalue weighted by atomic mass is 9.82. The molecule has 2 heterocycles. The van der Waals surface area contributed by atoms with E-state index in [0.717, 1.165) is 10.3 Å². The molecule has 1 saturated heterocycles. The van der Waals surface area contributed by atoms with Crippen LogP contribution in [0.5, 0.6) is 0 Å². The first-order valence-corrected chi connectivity index (χ1v) is 10.6. The van der Waals surface area contributed by atoms with Gasteiger partial charge in [-0.3, -0.25) is 9.36 Å². The quantitative estimate of drug-likeness (QED) is 0.493. The Bertz CT molecular complexity index is 1090. The second kappa shape index (κ2) is 8.29. The van der Waals surface area contributed by atoms with Crippen molar-refractivity contribution in [2.24, 2.45) is 5.92 Å². The molecule has 1 fully saturated rings. The molecule has 0 spiro atoms. The number of ether oxygens (including phenoxy) is 1. The van der Waals surface area contributed by atoms with Crippen molar-refractivity contribution in [1.82, 2.24) is 9.55 Å². The lowest BCUT2D eigenvalue weighted by molar-refractivity contribution is -0.149.